The molecule has 0 bridgehead atoms. The lowest BCUT2D eigenvalue weighted by Crippen LogP contribution is -2.42. The Morgan fingerprint density at radius 3 is 2.87 bits per heavy atom. The van der Waals surface area contributed by atoms with Crippen molar-refractivity contribution in [3.63, 3.8) is 0 Å². The number of nitrogens with one attached hydrogen (secondary N) is 2. The minimum atomic E-state index is -0.163. The monoisotopic (exact) mass is 414 g/mol. The molecule has 0 saturated carbocycles. The molecule has 1 aliphatic heterocycles. The van der Waals surface area contributed by atoms with Crippen molar-refractivity contribution in [3.05, 3.63) is 35.7 Å². The van der Waals surface area contributed by atoms with Crippen molar-refractivity contribution < 1.29 is 14.3 Å². The van der Waals surface area contributed by atoms with Crippen LogP contribution in [-0.4, -0.2) is 61.5 Å². The van der Waals surface area contributed by atoms with Crippen LogP contribution >= 0.6 is 0 Å². The molecule has 0 radical (unpaired) electrons. The van der Waals surface area contributed by atoms with Gasteiger partial charge in [0.2, 0.25) is 5.91 Å². The van der Waals surface area contributed by atoms with Crippen LogP contribution < -0.4 is 15.4 Å². The van der Waals surface area contributed by atoms with Gasteiger partial charge in [0, 0.05) is 31.9 Å². The first-order chi connectivity index (χ1) is 14.5. The Morgan fingerprint density at radius 1 is 1.23 bits per heavy atom. The van der Waals surface area contributed by atoms with Crippen molar-refractivity contribution in [2.75, 3.05) is 33.8 Å². The average molecular weight is 415 g/mol. The van der Waals surface area contributed by atoms with E-state index >= 15 is 0 Å². The number of carbonyl (C=O) groups is 2. The van der Waals surface area contributed by atoms with Gasteiger partial charge in [-0.3, -0.25) is 14.6 Å². The number of hydrogen-bond acceptors (Lipinski definition) is 5. The third-order valence-corrected chi connectivity index (χ3v) is 5.98. The van der Waals surface area contributed by atoms with Gasteiger partial charge in [-0.2, -0.15) is 0 Å². The van der Waals surface area contributed by atoms with E-state index in [1.54, 1.807) is 19.4 Å². The molecule has 7 heteroatoms. The summed E-state index contributed by atoms with van der Waals surface area (Å²) in [6.07, 6.45) is 12.9. The number of carbonyl (C=O) groups excluding carboxylic acids is 2. The van der Waals surface area contributed by atoms with Crippen LogP contribution in [0.2, 0.25) is 0 Å². The fraction of sp³-hybridized carbons (Fsp3) is 0.609. The molecule has 2 aliphatic rings. The third-order valence-electron chi connectivity index (χ3n) is 5.98. The number of methoxy groups -OCH3 is 1. The van der Waals surface area contributed by atoms with Crippen LogP contribution in [0.3, 0.4) is 0 Å². The highest BCUT2D eigenvalue weighted by molar-refractivity contribution is 5.94. The molecular weight excluding hydrogens is 380 g/mol. The van der Waals surface area contributed by atoms with E-state index in [-0.39, 0.29) is 23.8 Å². The highest BCUT2D eigenvalue weighted by atomic mass is 16.5. The number of hydrogen-bond donors (Lipinski definition) is 2. The maximum Gasteiger partial charge on any atom is 0.253 e. The fourth-order valence-corrected chi connectivity index (χ4v) is 4.29. The van der Waals surface area contributed by atoms with Gasteiger partial charge in [-0.05, 0) is 58.1 Å². The topological polar surface area (TPSA) is 83.6 Å². The zero-order valence-electron chi connectivity index (χ0n) is 18.2. The van der Waals surface area contributed by atoms with E-state index in [4.69, 9.17) is 4.74 Å². The van der Waals surface area contributed by atoms with Gasteiger partial charge in [-0.1, -0.05) is 11.6 Å². The molecule has 3 rings (SSSR count). The second-order valence-corrected chi connectivity index (χ2v) is 8.43. The number of amides is 2. The summed E-state index contributed by atoms with van der Waals surface area (Å²) in [4.78, 5) is 31.5. The van der Waals surface area contributed by atoms with E-state index in [1.807, 2.05) is 7.05 Å². The summed E-state index contributed by atoms with van der Waals surface area (Å²) < 4.78 is 5.14. The van der Waals surface area contributed by atoms with Gasteiger partial charge in [0.1, 0.15) is 5.75 Å². The molecule has 1 aliphatic carbocycles. The zero-order valence-corrected chi connectivity index (χ0v) is 18.2. The van der Waals surface area contributed by atoms with Gasteiger partial charge in [0.15, 0.2) is 0 Å². The number of pyridine rings is 1. The molecule has 2 amide bonds. The Kier molecular flexibility index (Phi) is 8.25. The molecule has 1 aromatic heterocycles. The predicted octanol–water partition coefficient (Wildman–Crippen LogP) is 2.54. The molecule has 164 valence electrons. The van der Waals surface area contributed by atoms with Gasteiger partial charge < -0.3 is 20.3 Å². The molecule has 7 nitrogen and oxygen atoms in total. The van der Waals surface area contributed by atoms with E-state index < -0.39 is 0 Å². The van der Waals surface area contributed by atoms with Crippen molar-refractivity contribution in [2.24, 2.45) is 5.92 Å². The zero-order chi connectivity index (χ0) is 21.3. The quantitative estimate of drug-likeness (QED) is 0.670. The standard InChI is InChI=1S/C23H34N4O3/c1-27-15-18(22(28)25-11-10-17-6-4-3-5-7-17)8-9-20(16-27)26-23(29)19-12-21(30-2)14-24-13-19/h6,12-14,18,20H,3-5,7-11,15-16H2,1-2H3,(H,25,28)(H,26,29)/t18-,20+/m1/s1. The second-order valence-electron chi connectivity index (χ2n) is 8.43. The molecule has 2 heterocycles. The summed E-state index contributed by atoms with van der Waals surface area (Å²) in [5.41, 5.74) is 1.96. The summed E-state index contributed by atoms with van der Waals surface area (Å²) in [5, 5.41) is 6.21. The van der Waals surface area contributed by atoms with Gasteiger partial charge >= 0.3 is 0 Å². The molecule has 2 N–H and O–H groups in total. The van der Waals surface area contributed by atoms with E-state index in [1.165, 1.54) is 37.5 Å². The summed E-state index contributed by atoms with van der Waals surface area (Å²) >= 11 is 0. The minimum Gasteiger partial charge on any atom is -0.495 e. The van der Waals surface area contributed by atoms with Gasteiger partial charge in [0.05, 0.1) is 24.8 Å². The number of allylic oxidation sites excluding steroid dienone is 1. The Bertz CT molecular complexity index is 765. The number of ether oxygens (including phenoxy) is 1. The van der Waals surface area contributed by atoms with Crippen molar-refractivity contribution in [1.29, 1.82) is 0 Å². The summed E-state index contributed by atoms with van der Waals surface area (Å²) in [6.45, 7) is 2.15. The number of likely N-dealkylation sites (N-methyl/N-ethyl adjacent to an activating group) is 1. The lowest BCUT2D eigenvalue weighted by Gasteiger charge is -2.22. The largest absolute Gasteiger partial charge is 0.495 e. The molecule has 1 saturated heterocycles. The fourth-order valence-electron chi connectivity index (χ4n) is 4.29. The van der Waals surface area contributed by atoms with E-state index in [2.05, 4.69) is 26.6 Å². The first-order valence-electron chi connectivity index (χ1n) is 11.0. The van der Waals surface area contributed by atoms with Crippen LogP contribution in [0.5, 0.6) is 5.75 Å². The molecular formula is C23H34N4O3. The molecule has 0 unspecified atom stereocenters. The molecule has 1 aromatic rings. The van der Waals surface area contributed by atoms with Crippen LogP contribution in [0, 0.1) is 5.92 Å². The van der Waals surface area contributed by atoms with E-state index in [9.17, 15) is 9.59 Å². The van der Waals surface area contributed by atoms with Gasteiger partial charge in [-0.25, -0.2) is 0 Å². The molecule has 0 aromatic carbocycles. The SMILES string of the molecule is COc1cncc(C(=O)N[C@H]2CC[C@@H](C(=O)NCCC3=CCCCC3)CN(C)C2)c1. The maximum absolute atomic E-state index is 12.7. The predicted molar refractivity (Wildman–Crippen MR) is 116 cm³/mol. The minimum absolute atomic E-state index is 0.00102. The van der Waals surface area contributed by atoms with E-state index in [0.717, 1.165) is 25.8 Å². The Balaban J connectivity index is 1.47. The number of rotatable bonds is 7. The highest BCUT2D eigenvalue weighted by Crippen LogP contribution is 2.20. The van der Waals surface area contributed by atoms with Crippen molar-refractivity contribution in [1.82, 2.24) is 20.5 Å². The van der Waals surface area contributed by atoms with Crippen LogP contribution in [0.1, 0.15) is 55.3 Å². The Hall–Kier alpha value is -2.41. The van der Waals surface area contributed by atoms with Crippen molar-refractivity contribution >= 4 is 11.8 Å². The third kappa shape index (κ3) is 6.55. The van der Waals surface area contributed by atoms with Gasteiger partial charge in [0.25, 0.3) is 5.91 Å². The van der Waals surface area contributed by atoms with Crippen molar-refractivity contribution in [3.8, 4) is 5.75 Å². The maximum atomic E-state index is 12.7. The Labute approximate surface area is 179 Å². The summed E-state index contributed by atoms with van der Waals surface area (Å²) in [5.74, 6) is 0.475. The Morgan fingerprint density at radius 2 is 2.10 bits per heavy atom. The average Bonchev–Trinajstić information content (AvgIpc) is 2.95. The lowest BCUT2D eigenvalue weighted by atomic mass is 9.97. The van der Waals surface area contributed by atoms with Gasteiger partial charge in [-0.15, -0.1) is 0 Å². The highest BCUT2D eigenvalue weighted by Gasteiger charge is 2.27. The molecule has 0 spiro atoms. The number of nitrogens with zero attached hydrogens (tertiary/aromatic N) is 2. The van der Waals surface area contributed by atoms with Crippen molar-refractivity contribution in [2.45, 2.75) is 51.0 Å². The molecule has 30 heavy (non-hydrogen) atoms. The van der Waals surface area contributed by atoms with Crippen LogP contribution in [0.15, 0.2) is 30.1 Å². The first kappa shape index (κ1) is 22.3. The van der Waals surface area contributed by atoms with Crippen LogP contribution in [-0.2, 0) is 4.79 Å². The van der Waals surface area contributed by atoms with Crippen LogP contribution in [0.25, 0.3) is 0 Å². The molecule has 2 atom stereocenters. The lowest BCUT2D eigenvalue weighted by molar-refractivity contribution is -0.125. The second kappa shape index (κ2) is 11.1. The molecule has 1 fully saturated rings. The first-order valence-corrected chi connectivity index (χ1v) is 11.0. The summed E-state index contributed by atoms with van der Waals surface area (Å²) in [7, 11) is 3.56. The number of aromatic nitrogens is 1. The summed E-state index contributed by atoms with van der Waals surface area (Å²) in [6, 6.07) is 1.68. The smallest absolute Gasteiger partial charge is 0.253 e. The van der Waals surface area contributed by atoms with E-state index in [0.29, 0.717) is 24.4 Å². The number of likely N-dealkylation sites (tertiary alicyclic amines) is 1. The normalized spacial score (nSPS) is 22.5. The van der Waals surface area contributed by atoms with Crippen LogP contribution in [0.4, 0.5) is 0 Å².